The van der Waals surface area contributed by atoms with Crippen LogP contribution in [0.25, 0.3) is 0 Å². The molecule has 36 heavy (non-hydrogen) atoms. The van der Waals surface area contributed by atoms with Crippen LogP contribution in [-0.4, -0.2) is 50.3 Å². The Morgan fingerprint density at radius 2 is 1.47 bits per heavy atom. The van der Waals surface area contributed by atoms with Gasteiger partial charge in [0.1, 0.15) is 0 Å². The highest BCUT2D eigenvalue weighted by Crippen LogP contribution is 2.30. The van der Waals surface area contributed by atoms with E-state index < -0.39 is 12.1 Å². The number of benzene rings is 2. The molecule has 0 aliphatic heterocycles. The van der Waals surface area contributed by atoms with Crippen molar-refractivity contribution in [3.05, 3.63) is 64.1 Å². The van der Waals surface area contributed by atoms with Crippen LogP contribution in [0.2, 0.25) is 10.0 Å². The highest BCUT2D eigenvalue weighted by molar-refractivity contribution is 6.30. The minimum Gasteiger partial charge on any atom is -0.370 e. The number of aliphatic imine (C=N–C) groups is 1. The molecule has 0 fully saturated rings. The van der Waals surface area contributed by atoms with E-state index in [1.807, 2.05) is 24.3 Å². The maximum absolute atomic E-state index is 8.84. The Hall–Kier alpha value is -2.60. The van der Waals surface area contributed by atoms with E-state index in [4.69, 9.17) is 51.5 Å². The lowest BCUT2D eigenvalue weighted by Crippen LogP contribution is -2.66. The van der Waals surface area contributed by atoms with Crippen molar-refractivity contribution in [2.24, 2.45) is 27.9 Å². The average Bonchev–Trinajstić information content (AvgIpc) is 2.82. The standard InChI is InChI=1S/C24H38Cl2N10/c1-35(2)23(30)36(20-13-11-19(26)12-14-20)24(31,17-7-9-18(25)10-8-17)33-16-6-4-3-5-15-32-22(29)34-21(27)28/h7-14,22,30,32-33H,3-6,15-16,29,31H2,1-2H3,(H4,27,28,34). The number of rotatable bonds is 13. The third-order valence-corrected chi connectivity index (χ3v) is 6.00. The van der Waals surface area contributed by atoms with E-state index in [-0.39, 0.29) is 11.9 Å². The quantitative estimate of drug-likeness (QED) is 0.0883. The second kappa shape index (κ2) is 14.2. The number of hydrogen-bond acceptors (Lipinski definition) is 6. The van der Waals surface area contributed by atoms with Gasteiger partial charge in [-0.1, -0.05) is 48.2 Å². The Morgan fingerprint density at radius 3 is 2.00 bits per heavy atom. The Bertz CT molecular complexity index is 977. The van der Waals surface area contributed by atoms with Gasteiger partial charge in [-0.05, 0) is 62.3 Å². The Balaban J connectivity index is 2.12. The van der Waals surface area contributed by atoms with Crippen LogP contribution in [0.4, 0.5) is 5.69 Å². The number of hydrogen-bond donors (Lipinski definition) is 7. The van der Waals surface area contributed by atoms with E-state index >= 15 is 0 Å². The topological polar surface area (TPSA) is 171 Å². The first-order valence-corrected chi connectivity index (χ1v) is 12.5. The SMILES string of the molecule is CN(C)C(=N)N(c1ccc(Cl)cc1)C(N)(NCCCCCCNC(N)N=C(N)N)c1ccc(Cl)cc1. The van der Waals surface area contributed by atoms with Gasteiger partial charge in [0.15, 0.2) is 18.0 Å². The zero-order valence-electron chi connectivity index (χ0n) is 20.8. The first-order chi connectivity index (χ1) is 17.0. The van der Waals surface area contributed by atoms with Crippen LogP contribution in [0.5, 0.6) is 0 Å². The van der Waals surface area contributed by atoms with Gasteiger partial charge in [-0.3, -0.25) is 32.4 Å². The van der Waals surface area contributed by atoms with Crippen LogP contribution < -0.4 is 38.5 Å². The van der Waals surface area contributed by atoms with E-state index in [1.165, 1.54) is 0 Å². The first-order valence-electron chi connectivity index (χ1n) is 11.7. The summed E-state index contributed by atoms with van der Waals surface area (Å²) in [5.41, 5.74) is 25.0. The zero-order chi connectivity index (χ0) is 26.7. The smallest absolute Gasteiger partial charge is 0.200 e. The molecule has 198 valence electrons. The third kappa shape index (κ3) is 8.81. The summed E-state index contributed by atoms with van der Waals surface area (Å²) in [5, 5.41) is 16.6. The number of anilines is 1. The Morgan fingerprint density at radius 1 is 0.944 bits per heavy atom. The number of guanidine groups is 2. The van der Waals surface area contributed by atoms with Gasteiger partial charge in [-0.15, -0.1) is 0 Å². The van der Waals surface area contributed by atoms with Crippen molar-refractivity contribution in [2.45, 2.75) is 37.8 Å². The number of nitrogens with one attached hydrogen (secondary N) is 3. The van der Waals surface area contributed by atoms with Crippen molar-refractivity contribution in [3.8, 4) is 0 Å². The van der Waals surface area contributed by atoms with Gasteiger partial charge in [0.25, 0.3) is 0 Å². The largest absolute Gasteiger partial charge is 0.370 e. The van der Waals surface area contributed by atoms with E-state index in [0.29, 0.717) is 23.1 Å². The summed E-state index contributed by atoms with van der Waals surface area (Å²) in [6.45, 7) is 1.34. The van der Waals surface area contributed by atoms with Crippen molar-refractivity contribution in [2.75, 3.05) is 32.1 Å². The molecule has 0 aliphatic rings. The van der Waals surface area contributed by atoms with E-state index in [2.05, 4.69) is 15.6 Å². The van der Waals surface area contributed by atoms with Crippen molar-refractivity contribution < 1.29 is 0 Å². The maximum atomic E-state index is 8.84. The summed E-state index contributed by atoms with van der Waals surface area (Å²) in [5.74, 6) is -1.04. The highest BCUT2D eigenvalue weighted by Gasteiger charge is 2.38. The molecule has 0 heterocycles. The van der Waals surface area contributed by atoms with E-state index in [1.54, 1.807) is 48.2 Å². The zero-order valence-corrected chi connectivity index (χ0v) is 22.4. The van der Waals surface area contributed by atoms with Crippen LogP contribution in [0.1, 0.15) is 31.2 Å². The van der Waals surface area contributed by atoms with E-state index in [9.17, 15) is 0 Å². The molecule has 0 spiro atoms. The molecule has 2 rings (SSSR count). The van der Waals surface area contributed by atoms with Crippen LogP contribution in [0.15, 0.2) is 53.5 Å². The molecule has 11 N–H and O–H groups in total. The summed E-state index contributed by atoms with van der Waals surface area (Å²) in [6.07, 6.45) is 3.20. The molecule has 0 aromatic heterocycles. The molecule has 0 amide bonds. The number of halogens is 2. The predicted molar refractivity (Wildman–Crippen MR) is 151 cm³/mol. The molecule has 10 nitrogen and oxygen atoms in total. The summed E-state index contributed by atoms with van der Waals surface area (Å²) in [4.78, 5) is 7.29. The number of unbranched alkanes of at least 4 members (excludes halogenated alkanes) is 3. The summed E-state index contributed by atoms with van der Waals surface area (Å²) in [7, 11) is 3.61. The summed E-state index contributed by atoms with van der Waals surface area (Å²) in [6, 6.07) is 14.6. The second-order valence-corrected chi connectivity index (χ2v) is 9.47. The number of nitrogens with zero attached hydrogens (tertiary/aromatic N) is 3. The Kier molecular flexibility index (Phi) is 11.7. The van der Waals surface area contributed by atoms with E-state index in [0.717, 1.165) is 36.9 Å². The molecule has 0 bridgehead atoms. The van der Waals surface area contributed by atoms with Gasteiger partial charge >= 0.3 is 0 Å². The van der Waals surface area contributed by atoms with Crippen molar-refractivity contribution in [3.63, 3.8) is 0 Å². The molecule has 2 atom stereocenters. The molecular weight excluding hydrogens is 499 g/mol. The van der Waals surface area contributed by atoms with Crippen LogP contribution >= 0.6 is 23.2 Å². The second-order valence-electron chi connectivity index (χ2n) is 8.60. The van der Waals surface area contributed by atoms with Gasteiger partial charge in [0.05, 0.1) is 0 Å². The van der Waals surface area contributed by atoms with Crippen LogP contribution in [-0.2, 0) is 5.79 Å². The predicted octanol–water partition coefficient (Wildman–Crippen LogP) is 2.32. The number of nitrogens with two attached hydrogens (primary N) is 4. The maximum Gasteiger partial charge on any atom is 0.200 e. The molecule has 2 aromatic carbocycles. The first kappa shape index (κ1) is 29.6. The molecule has 0 radical (unpaired) electrons. The normalized spacial score (nSPS) is 13.5. The fourth-order valence-corrected chi connectivity index (χ4v) is 3.89. The molecule has 0 aliphatic carbocycles. The van der Waals surface area contributed by atoms with Gasteiger partial charge in [0, 0.05) is 35.4 Å². The van der Waals surface area contributed by atoms with Gasteiger partial charge in [-0.25, -0.2) is 4.99 Å². The average molecular weight is 538 g/mol. The minimum atomic E-state index is -1.21. The van der Waals surface area contributed by atoms with Crippen molar-refractivity contribution in [1.29, 1.82) is 5.41 Å². The van der Waals surface area contributed by atoms with Gasteiger partial charge < -0.3 is 16.4 Å². The molecular formula is C24H38Cl2N10. The lowest BCUT2D eigenvalue weighted by Gasteiger charge is -2.44. The van der Waals surface area contributed by atoms with Gasteiger partial charge in [0.2, 0.25) is 5.96 Å². The lowest BCUT2D eigenvalue weighted by molar-refractivity contribution is 0.341. The third-order valence-electron chi connectivity index (χ3n) is 5.50. The van der Waals surface area contributed by atoms with Crippen molar-refractivity contribution in [1.82, 2.24) is 15.5 Å². The molecule has 2 unspecified atom stereocenters. The fraction of sp³-hybridized carbons (Fsp3) is 0.417. The summed E-state index contributed by atoms with van der Waals surface area (Å²) < 4.78 is 0. The monoisotopic (exact) mass is 536 g/mol. The molecule has 0 saturated carbocycles. The highest BCUT2D eigenvalue weighted by atomic mass is 35.5. The van der Waals surface area contributed by atoms with Crippen molar-refractivity contribution >= 4 is 40.8 Å². The fourth-order valence-electron chi connectivity index (χ4n) is 3.64. The molecule has 0 saturated heterocycles. The van der Waals surface area contributed by atoms with Gasteiger partial charge in [-0.2, -0.15) is 0 Å². The molecule has 2 aromatic rings. The Labute approximate surface area is 223 Å². The molecule has 12 heteroatoms. The van der Waals surface area contributed by atoms with Crippen LogP contribution in [0, 0.1) is 5.41 Å². The lowest BCUT2D eigenvalue weighted by atomic mass is 10.0. The summed E-state index contributed by atoms with van der Waals surface area (Å²) >= 11 is 12.3. The van der Waals surface area contributed by atoms with Crippen LogP contribution in [0.3, 0.4) is 0 Å². The minimum absolute atomic E-state index is 0.0398.